The molecule has 0 spiro atoms. The molecule has 120 valence electrons. The predicted molar refractivity (Wildman–Crippen MR) is 88.1 cm³/mol. The second-order valence-electron chi connectivity index (χ2n) is 5.87. The third-order valence-corrected chi connectivity index (χ3v) is 4.39. The van der Waals surface area contributed by atoms with Crippen LogP contribution in [-0.2, 0) is 0 Å². The summed E-state index contributed by atoms with van der Waals surface area (Å²) in [5, 5.41) is 19.9. The van der Waals surface area contributed by atoms with Crippen LogP contribution in [0.1, 0.15) is 19.3 Å². The summed E-state index contributed by atoms with van der Waals surface area (Å²) in [4.78, 5) is 23.7. The minimum Gasteiger partial charge on any atom is -0.365 e. The molecule has 0 bridgehead atoms. The average molecular weight is 321 g/mol. The molecular formula is C16H15N7O. The molecule has 1 fully saturated rings. The molecule has 3 N–H and O–H groups in total. The second-order valence-corrected chi connectivity index (χ2v) is 5.87. The number of rotatable bonds is 3. The Hall–Kier alpha value is -3.21. The number of hydrogen-bond donors (Lipinski definition) is 3. The van der Waals surface area contributed by atoms with Crippen molar-refractivity contribution in [2.75, 3.05) is 5.32 Å². The van der Waals surface area contributed by atoms with E-state index in [-0.39, 0.29) is 17.5 Å². The van der Waals surface area contributed by atoms with Gasteiger partial charge in [-0.2, -0.15) is 10.4 Å². The molecule has 0 radical (unpaired) electrons. The number of nitriles is 1. The number of nitrogens with zero attached hydrogens (tertiary/aromatic N) is 4. The van der Waals surface area contributed by atoms with Gasteiger partial charge in [0.15, 0.2) is 5.82 Å². The highest BCUT2D eigenvalue weighted by Gasteiger charge is 2.28. The molecule has 0 saturated heterocycles. The van der Waals surface area contributed by atoms with E-state index < -0.39 is 0 Å². The first-order chi connectivity index (χ1) is 11.8. The van der Waals surface area contributed by atoms with Crippen LogP contribution in [0.25, 0.3) is 22.3 Å². The largest absolute Gasteiger partial charge is 0.365 e. The lowest BCUT2D eigenvalue weighted by molar-refractivity contribution is 0.628. The van der Waals surface area contributed by atoms with Crippen LogP contribution in [0.4, 0.5) is 5.82 Å². The van der Waals surface area contributed by atoms with Crippen molar-refractivity contribution in [2.45, 2.75) is 25.3 Å². The summed E-state index contributed by atoms with van der Waals surface area (Å²) in [6.45, 7) is 0. The molecule has 2 atom stereocenters. The third-order valence-electron chi connectivity index (χ3n) is 4.39. The van der Waals surface area contributed by atoms with E-state index in [1.807, 2.05) is 0 Å². The number of hydrogen-bond acceptors (Lipinski definition) is 6. The van der Waals surface area contributed by atoms with Gasteiger partial charge in [0.1, 0.15) is 11.3 Å². The standard InChI is InChI=1S/C16H15N7O/c17-6-9-2-1-3-12(9)21-15-11-4-5-18-16(24)13(11)22-14(23-15)10-7-19-20-8-10/h4-5,7-9,12H,1-3H2,(H,18,24)(H,19,20)(H,21,22,23)/t9-,12-/m1/s1. The van der Waals surface area contributed by atoms with E-state index in [1.165, 1.54) is 0 Å². The van der Waals surface area contributed by atoms with Crippen LogP contribution in [0, 0.1) is 17.2 Å². The zero-order chi connectivity index (χ0) is 16.5. The Morgan fingerprint density at radius 1 is 1.33 bits per heavy atom. The van der Waals surface area contributed by atoms with Gasteiger partial charge in [-0.1, -0.05) is 0 Å². The molecule has 8 heteroatoms. The second kappa shape index (κ2) is 5.77. The quantitative estimate of drug-likeness (QED) is 0.676. The smallest absolute Gasteiger partial charge is 0.274 e. The van der Waals surface area contributed by atoms with E-state index in [0.29, 0.717) is 28.1 Å². The van der Waals surface area contributed by atoms with Gasteiger partial charge < -0.3 is 10.3 Å². The van der Waals surface area contributed by atoms with E-state index in [1.54, 1.807) is 24.7 Å². The highest BCUT2D eigenvalue weighted by atomic mass is 16.1. The van der Waals surface area contributed by atoms with Crippen molar-refractivity contribution in [1.82, 2.24) is 25.1 Å². The number of aromatic nitrogens is 5. The predicted octanol–water partition coefficient (Wildman–Crippen LogP) is 1.81. The molecule has 0 amide bonds. The van der Waals surface area contributed by atoms with Gasteiger partial charge in [0.25, 0.3) is 5.56 Å². The number of nitrogens with one attached hydrogen (secondary N) is 3. The van der Waals surface area contributed by atoms with Gasteiger partial charge in [0.05, 0.1) is 23.7 Å². The van der Waals surface area contributed by atoms with Gasteiger partial charge in [-0.25, -0.2) is 9.97 Å². The van der Waals surface area contributed by atoms with E-state index in [4.69, 9.17) is 0 Å². The minimum absolute atomic E-state index is 0.0320. The Bertz CT molecular complexity index is 970. The summed E-state index contributed by atoms with van der Waals surface area (Å²) < 4.78 is 0. The van der Waals surface area contributed by atoms with Crippen LogP contribution < -0.4 is 10.9 Å². The average Bonchev–Trinajstić information content (AvgIpc) is 3.26. The van der Waals surface area contributed by atoms with Gasteiger partial charge in [0.2, 0.25) is 0 Å². The minimum atomic E-state index is -0.272. The molecule has 3 heterocycles. The van der Waals surface area contributed by atoms with Gasteiger partial charge in [-0.05, 0) is 25.3 Å². The van der Waals surface area contributed by atoms with Crippen molar-refractivity contribution in [3.05, 3.63) is 35.0 Å². The summed E-state index contributed by atoms with van der Waals surface area (Å²) >= 11 is 0. The Kier molecular flexibility index (Phi) is 3.46. The normalized spacial score (nSPS) is 20.1. The van der Waals surface area contributed by atoms with Gasteiger partial charge in [-0.15, -0.1) is 0 Å². The lowest BCUT2D eigenvalue weighted by atomic mass is 10.1. The Morgan fingerprint density at radius 2 is 2.25 bits per heavy atom. The van der Waals surface area contributed by atoms with Gasteiger partial charge in [-0.3, -0.25) is 9.89 Å². The topological polar surface area (TPSA) is 123 Å². The van der Waals surface area contributed by atoms with Crippen molar-refractivity contribution in [3.8, 4) is 17.5 Å². The van der Waals surface area contributed by atoms with Crippen LogP contribution >= 0.6 is 0 Å². The van der Waals surface area contributed by atoms with Crippen LogP contribution in [0.15, 0.2) is 29.5 Å². The van der Waals surface area contributed by atoms with Crippen molar-refractivity contribution in [1.29, 1.82) is 5.26 Å². The molecule has 1 aliphatic rings. The Morgan fingerprint density at radius 3 is 3.04 bits per heavy atom. The molecule has 24 heavy (non-hydrogen) atoms. The van der Waals surface area contributed by atoms with Gasteiger partial charge >= 0.3 is 0 Å². The molecule has 0 aromatic carbocycles. The molecule has 3 aromatic heterocycles. The van der Waals surface area contributed by atoms with Crippen molar-refractivity contribution >= 4 is 16.7 Å². The summed E-state index contributed by atoms with van der Waals surface area (Å²) in [7, 11) is 0. The first-order valence-corrected chi connectivity index (χ1v) is 7.81. The summed E-state index contributed by atoms with van der Waals surface area (Å²) in [5.74, 6) is 0.950. The van der Waals surface area contributed by atoms with E-state index in [2.05, 4.69) is 36.5 Å². The fourth-order valence-electron chi connectivity index (χ4n) is 3.14. The maximum Gasteiger partial charge on any atom is 0.274 e. The molecule has 0 unspecified atom stereocenters. The molecule has 4 rings (SSSR count). The van der Waals surface area contributed by atoms with Crippen LogP contribution in [0.2, 0.25) is 0 Å². The molecule has 0 aliphatic heterocycles. The maximum atomic E-state index is 12.2. The number of anilines is 1. The maximum absolute atomic E-state index is 12.2. The summed E-state index contributed by atoms with van der Waals surface area (Å²) in [6.07, 6.45) is 7.66. The fraction of sp³-hybridized carbons (Fsp3) is 0.312. The monoisotopic (exact) mass is 321 g/mol. The Balaban J connectivity index is 1.85. The number of aromatic amines is 2. The van der Waals surface area contributed by atoms with Crippen LogP contribution in [0.3, 0.4) is 0 Å². The number of pyridine rings is 1. The lowest BCUT2D eigenvalue weighted by Gasteiger charge is -2.18. The number of fused-ring (bicyclic) bond motifs is 1. The first kappa shape index (κ1) is 14.4. The zero-order valence-electron chi connectivity index (χ0n) is 12.8. The summed E-state index contributed by atoms with van der Waals surface area (Å²) in [5.41, 5.74) is 0.745. The SMILES string of the molecule is N#C[C@H]1CCC[C@H]1Nc1nc(-c2cn[nH]c2)nc2c(=O)[nH]ccc12. The van der Waals surface area contributed by atoms with Gasteiger partial charge in [0, 0.05) is 23.8 Å². The van der Waals surface area contributed by atoms with Crippen molar-refractivity contribution in [2.24, 2.45) is 5.92 Å². The first-order valence-electron chi connectivity index (χ1n) is 7.81. The van der Waals surface area contributed by atoms with Crippen LogP contribution in [0.5, 0.6) is 0 Å². The Labute approximate surface area is 137 Å². The highest BCUT2D eigenvalue weighted by molar-refractivity contribution is 5.89. The van der Waals surface area contributed by atoms with E-state index in [9.17, 15) is 10.1 Å². The van der Waals surface area contributed by atoms with E-state index >= 15 is 0 Å². The molecule has 1 aliphatic carbocycles. The number of H-pyrrole nitrogens is 2. The zero-order valence-corrected chi connectivity index (χ0v) is 12.8. The van der Waals surface area contributed by atoms with E-state index in [0.717, 1.165) is 19.3 Å². The van der Waals surface area contributed by atoms with Crippen LogP contribution in [-0.4, -0.2) is 31.2 Å². The third kappa shape index (κ3) is 2.40. The molecule has 1 saturated carbocycles. The lowest BCUT2D eigenvalue weighted by Crippen LogP contribution is -2.24. The van der Waals surface area contributed by atoms with Crippen molar-refractivity contribution in [3.63, 3.8) is 0 Å². The molecule has 3 aromatic rings. The highest BCUT2D eigenvalue weighted by Crippen LogP contribution is 2.30. The molecule has 8 nitrogen and oxygen atoms in total. The molecular weight excluding hydrogens is 306 g/mol. The summed E-state index contributed by atoms with van der Waals surface area (Å²) in [6, 6.07) is 4.15. The van der Waals surface area contributed by atoms with Crippen molar-refractivity contribution < 1.29 is 0 Å². The fourth-order valence-corrected chi connectivity index (χ4v) is 3.14.